The first-order valence-electron chi connectivity index (χ1n) is 8.27. The van der Waals surface area contributed by atoms with Crippen LogP contribution in [-0.2, 0) is 33.9 Å². The number of aromatic nitrogens is 3. The van der Waals surface area contributed by atoms with Crippen LogP contribution in [0, 0.1) is 0 Å². The molecule has 0 aliphatic heterocycles. The number of nitrogens with one attached hydrogen (secondary N) is 1. The van der Waals surface area contributed by atoms with Crippen LogP contribution >= 0.6 is 11.3 Å². The monoisotopic (exact) mass is 406 g/mol. The normalized spacial score (nSPS) is 13.2. The van der Waals surface area contributed by atoms with Gasteiger partial charge < -0.3 is 19.0 Å². The summed E-state index contributed by atoms with van der Waals surface area (Å²) in [5, 5.41) is 18.0. The first kappa shape index (κ1) is 19.5. The molecule has 2 N–H and O–H groups in total. The molecular weight excluding hydrogens is 386 g/mol. The number of benzene rings is 1. The van der Waals surface area contributed by atoms with Crippen molar-refractivity contribution in [2.45, 2.75) is 37.1 Å². The topological polar surface area (TPSA) is 109 Å². The first-order valence-corrected chi connectivity index (χ1v) is 10.2. The standard InChI is InChI=1S/C17H20N5O3S2/c1-5-10-6-7-11-9-22(4)20-14(11)13(10)19-15(23)21-27(25)16-18-8-12(26-16)17(2,3)24/h6-9,24H,5H2,1-4H3,(H,19,23)/q-1. The van der Waals surface area contributed by atoms with Gasteiger partial charge >= 0.3 is 6.03 Å². The van der Waals surface area contributed by atoms with E-state index in [0.29, 0.717) is 22.5 Å². The molecule has 144 valence electrons. The summed E-state index contributed by atoms with van der Waals surface area (Å²) in [4.78, 5) is 16.9. The molecule has 0 atom stereocenters. The fraction of sp³-hybridized carbons (Fsp3) is 0.353. The molecule has 0 saturated carbocycles. The van der Waals surface area contributed by atoms with Gasteiger partial charge in [-0.3, -0.25) is 9.67 Å². The Morgan fingerprint density at radius 2 is 2.19 bits per heavy atom. The fourth-order valence-electron chi connectivity index (χ4n) is 2.55. The van der Waals surface area contributed by atoms with Gasteiger partial charge in [-0.2, -0.15) is 5.10 Å². The average molecular weight is 407 g/mol. The van der Waals surface area contributed by atoms with Crippen LogP contribution in [0.3, 0.4) is 0 Å². The van der Waals surface area contributed by atoms with E-state index in [0.717, 1.165) is 22.3 Å². The lowest BCUT2D eigenvalue weighted by atomic mass is 10.1. The van der Waals surface area contributed by atoms with E-state index >= 15 is 0 Å². The number of rotatable bonds is 4. The number of carbonyl (C=O) groups excluding carboxylic acids is 1. The lowest BCUT2D eigenvalue weighted by Crippen LogP contribution is -2.12. The molecule has 1 aromatic carbocycles. The SMILES string of the molecule is CCc1ccc2cn(C)nc2c1NC(=O)N=[S-](=O)c1ncc(C(C)(C)O)s1. The number of hydrogen-bond donors (Lipinski definition) is 2. The number of carbonyl (C=O) groups is 1. The summed E-state index contributed by atoms with van der Waals surface area (Å²) in [6.07, 6.45) is 4.00. The maximum absolute atomic E-state index is 12.3. The summed E-state index contributed by atoms with van der Waals surface area (Å²) >= 11 is 1.06. The lowest BCUT2D eigenvalue weighted by molar-refractivity contribution is 0.0823. The van der Waals surface area contributed by atoms with Crippen molar-refractivity contribution in [3.63, 3.8) is 0 Å². The predicted octanol–water partition coefficient (Wildman–Crippen LogP) is 3.56. The van der Waals surface area contributed by atoms with Crippen molar-refractivity contribution in [1.82, 2.24) is 14.8 Å². The number of aliphatic hydroxyl groups is 1. The van der Waals surface area contributed by atoms with Crippen molar-refractivity contribution in [2.75, 3.05) is 5.32 Å². The van der Waals surface area contributed by atoms with Crippen LogP contribution in [0.5, 0.6) is 0 Å². The third kappa shape index (κ3) is 4.18. The molecule has 0 aliphatic rings. The van der Waals surface area contributed by atoms with Crippen molar-refractivity contribution in [3.8, 4) is 0 Å². The molecule has 0 fully saturated rings. The number of urea groups is 1. The molecule has 2 amide bonds. The van der Waals surface area contributed by atoms with Crippen molar-refractivity contribution in [2.24, 2.45) is 11.4 Å². The highest BCUT2D eigenvalue weighted by Gasteiger charge is 2.18. The van der Waals surface area contributed by atoms with E-state index in [2.05, 4.69) is 19.8 Å². The number of fused-ring (bicyclic) bond motifs is 1. The molecule has 0 saturated heterocycles. The molecule has 2 aromatic heterocycles. The molecule has 2 heterocycles. The Morgan fingerprint density at radius 3 is 2.81 bits per heavy atom. The summed E-state index contributed by atoms with van der Waals surface area (Å²) in [7, 11) is -0.150. The van der Waals surface area contributed by atoms with Gasteiger partial charge in [0.25, 0.3) is 0 Å². The third-order valence-corrected chi connectivity index (χ3v) is 6.41. The Kier molecular flexibility index (Phi) is 5.31. The maximum Gasteiger partial charge on any atom is 0.322 e. The van der Waals surface area contributed by atoms with Gasteiger partial charge in [-0.05, 0) is 25.8 Å². The van der Waals surface area contributed by atoms with Gasteiger partial charge in [0.1, 0.15) is 5.52 Å². The Bertz CT molecular complexity index is 1090. The van der Waals surface area contributed by atoms with E-state index in [1.54, 1.807) is 25.6 Å². The number of amides is 2. The molecule has 3 rings (SSSR count). The number of hydrogen-bond acceptors (Lipinski definition) is 7. The van der Waals surface area contributed by atoms with Crippen molar-refractivity contribution in [1.29, 1.82) is 0 Å². The quantitative estimate of drug-likeness (QED) is 0.644. The minimum atomic E-state index is -1.95. The van der Waals surface area contributed by atoms with Crippen LogP contribution in [0.1, 0.15) is 31.2 Å². The Hall–Kier alpha value is -2.30. The highest BCUT2D eigenvalue weighted by atomic mass is 32.2. The molecule has 0 radical (unpaired) electrons. The van der Waals surface area contributed by atoms with E-state index in [9.17, 15) is 14.1 Å². The number of nitrogens with zero attached hydrogens (tertiary/aromatic N) is 4. The molecule has 8 nitrogen and oxygen atoms in total. The van der Waals surface area contributed by atoms with Gasteiger partial charge in [0, 0.05) is 29.2 Å². The van der Waals surface area contributed by atoms with Crippen LogP contribution < -0.4 is 5.32 Å². The minimum absolute atomic E-state index is 0.161. The van der Waals surface area contributed by atoms with Crippen molar-refractivity contribution >= 4 is 44.6 Å². The van der Waals surface area contributed by atoms with Gasteiger partial charge in [-0.1, -0.05) is 19.1 Å². The Morgan fingerprint density at radius 1 is 1.44 bits per heavy atom. The summed E-state index contributed by atoms with van der Waals surface area (Å²) in [6.45, 7) is 5.19. The van der Waals surface area contributed by atoms with Gasteiger partial charge in [0.05, 0.1) is 16.2 Å². The molecule has 27 heavy (non-hydrogen) atoms. The Balaban J connectivity index is 1.89. The minimum Gasteiger partial charge on any atom is -0.437 e. The fourth-order valence-corrected chi connectivity index (χ4v) is 4.28. The van der Waals surface area contributed by atoms with Gasteiger partial charge in [-0.15, -0.1) is 21.9 Å². The van der Waals surface area contributed by atoms with E-state index < -0.39 is 22.2 Å². The zero-order valence-corrected chi connectivity index (χ0v) is 17.0. The van der Waals surface area contributed by atoms with Crippen LogP contribution in [0.4, 0.5) is 10.5 Å². The second-order valence-electron chi connectivity index (χ2n) is 6.51. The second-order valence-corrected chi connectivity index (χ2v) is 8.87. The van der Waals surface area contributed by atoms with Gasteiger partial charge in [0.15, 0.2) is 0 Å². The van der Waals surface area contributed by atoms with E-state index in [-0.39, 0.29) is 4.34 Å². The highest BCUT2D eigenvalue weighted by Crippen LogP contribution is 2.28. The predicted molar refractivity (Wildman–Crippen MR) is 105 cm³/mol. The second kappa shape index (κ2) is 7.37. The first-order chi connectivity index (χ1) is 12.7. The van der Waals surface area contributed by atoms with Crippen LogP contribution in [-0.4, -0.2) is 25.9 Å². The number of thiazole rings is 1. The van der Waals surface area contributed by atoms with Crippen LogP contribution in [0.2, 0.25) is 0 Å². The lowest BCUT2D eigenvalue weighted by Gasteiger charge is -2.13. The van der Waals surface area contributed by atoms with Gasteiger partial charge in [0.2, 0.25) is 0 Å². The van der Waals surface area contributed by atoms with Crippen LogP contribution in [0.15, 0.2) is 33.2 Å². The molecular formula is C17H20N5O3S2-. The zero-order chi connectivity index (χ0) is 19.8. The van der Waals surface area contributed by atoms with Crippen molar-refractivity contribution in [3.05, 3.63) is 35.0 Å². The molecule has 0 spiro atoms. The van der Waals surface area contributed by atoms with E-state index in [1.165, 1.54) is 6.20 Å². The summed E-state index contributed by atoms with van der Waals surface area (Å²) in [5.74, 6) is 0. The highest BCUT2D eigenvalue weighted by molar-refractivity contribution is 7.77. The molecule has 0 unspecified atom stereocenters. The smallest absolute Gasteiger partial charge is 0.322 e. The van der Waals surface area contributed by atoms with E-state index in [1.807, 2.05) is 25.3 Å². The summed E-state index contributed by atoms with van der Waals surface area (Å²) in [5.41, 5.74) is 1.05. The summed E-state index contributed by atoms with van der Waals surface area (Å²) in [6, 6.07) is 3.13. The largest absolute Gasteiger partial charge is 0.437 e. The summed E-state index contributed by atoms with van der Waals surface area (Å²) < 4.78 is 17.8. The van der Waals surface area contributed by atoms with Gasteiger partial charge in [-0.25, -0.2) is 4.79 Å². The molecule has 3 aromatic rings. The average Bonchev–Trinajstić information content (AvgIpc) is 3.20. The molecule has 0 bridgehead atoms. The van der Waals surface area contributed by atoms with E-state index in [4.69, 9.17) is 0 Å². The maximum atomic E-state index is 12.3. The van der Waals surface area contributed by atoms with Crippen LogP contribution in [0.25, 0.3) is 10.9 Å². The van der Waals surface area contributed by atoms with Crippen molar-refractivity contribution < 1.29 is 14.1 Å². The number of anilines is 1. The third-order valence-electron chi connectivity index (χ3n) is 3.89. The zero-order valence-electron chi connectivity index (χ0n) is 15.4. The number of aryl methyl sites for hydroxylation is 2. The molecule has 0 aliphatic carbocycles. The molecule has 10 heteroatoms. The Labute approximate surface area is 162 Å².